The number of nitrogens with one attached hydrogen (secondary N) is 2. The summed E-state index contributed by atoms with van der Waals surface area (Å²) in [4.78, 5) is 14.7. The van der Waals surface area contributed by atoms with E-state index in [-0.39, 0.29) is 11.6 Å². The Morgan fingerprint density at radius 2 is 2.08 bits per heavy atom. The highest BCUT2D eigenvalue weighted by atomic mass is 19.4. The lowest BCUT2D eigenvalue weighted by Crippen LogP contribution is -2.23. The van der Waals surface area contributed by atoms with Crippen LogP contribution in [-0.2, 0) is 6.18 Å². The Bertz CT molecular complexity index is 754. The molecule has 1 aromatic heterocycles. The van der Waals surface area contributed by atoms with Gasteiger partial charge in [-0.25, -0.2) is 4.98 Å². The van der Waals surface area contributed by atoms with Crippen LogP contribution in [0.4, 0.5) is 30.6 Å². The minimum absolute atomic E-state index is 0.238. The molecule has 138 valence electrons. The van der Waals surface area contributed by atoms with Crippen molar-refractivity contribution in [2.45, 2.75) is 12.6 Å². The van der Waals surface area contributed by atoms with Crippen LogP contribution in [0.5, 0.6) is 0 Å². The van der Waals surface area contributed by atoms with E-state index in [9.17, 15) is 13.2 Å². The SMILES string of the molecule is FC(F)(F)c1cccc(Nc2nccc(NCCCN3CC=NC3)n2)c1. The minimum atomic E-state index is -4.39. The molecule has 26 heavy (non-hydrogen) atoms. The third-order valence-corrected chi connectivity index (χ3v) is 3.81. The minimum Gasteiger partial charge on any atom is -0.370 e. The third kappa shape index (κ3) is 5.16. The van der Waals surface area contributed by atoms with Crippen LogP contribution in [0, 0.1) is 0 Å². The predicted octanol–water partition coefficient (Wildman–Crippen LogP) is 3.38. The molecular weight excluding hydrogens is 345 g/mol. The molecule has 0 saturated heterocycles. The summed E-state index contributed by atoms with van der Waals surface area (Å²) in [6, 6.07) is 6.65. The standard InChI is InChI=1S/C17H19F3N6/c18-17(19,20)13-3-1-4-14(11-13)24-16-23-7-5-15(25-16)22-6-2-9-26-10-8-21-12-26/h1,3-5,7-8,11H,2,6,9-10,12H2,(H2,22,23,24,25). The molecule has 0 saturated carbocycles. The summed E-state index contributed by atoms with van der Waals surface area (Å²) < 4.78 is 38.3. The van der Waals surface area contributed by atoms with Gasteiger partial charge in [-0.2, -0.15) is 18.2 Å². The molecule has 2 heterocycles. The average Bonchev–Trinajstić information content (AvgIpc) is 3.12. The van der Waals surface area contributed by atoms with Gasteiger partial charge in [0.25, 0.3) is 0 Å². The van der Waals surface area contributed by atoms with Crippen molar-refractivity contribution >= 4 is 23.7 Å². The predicted molar refractivity (Wildman–Crippen MR) is 94.8 cm³/mol. The van der Waals surface area contributed by atoms with E-state index in [0.717, 1.165) is 44.9 Å². The van der Waals surface area contributed by atoms with Crippen molar-refractivity contribution in [2.24, 2.45) is 4.99 Å². The number of nitrogens with zero attached hydrogens (tertiary/aromatic N) is 4. The van der Waals surface area contributed by atoms with Crippen molar-refractivity contribution in [3.8, 4) is 0 Å². The van der Waals surface area contributed by atoms with Crippen LogP contribution in [0.15, 0.2) is 41.5 Å². The van der Waals surface area contributed by atoms with Gasteiger partial charge in [0, 0.05) is 37.7 Å². The fraction of sp³-hybridized carbons (Fsp3) is 0.353. The number of alkyl halides is 3. The van der Waals surface area contributed by atoms with Gasteiger partial charge in [-0.15, -0.1) is 0 Å². The molecule has 9 heteroatoms. The summed E-state index contributed by atoms with van der Waals surface area (Å²) >= 11 is 0. The number of aliphatic imine (C=N–C) groups is 1. The van der Waals surface area contributed by atoms with Gasteiger partial charge in [-0.05, 0) is 30.7 Å². The Hall–Kier alpha value is -2.68. The van der Waals surface area contributed by atoms with E-state index in [2.05, 4.69) is 30.5 Å². The Balaban J connectivity index is 1.54. The summed E-state index contributed by atoms with van der Waals surface area (Å²) in [5, 5.41) is 6.00. The van der Waals surface area contributed by atoms with Crippen LogP contribution in [0.2, 0.25) is 0 Å². The Labute approximate surface area is 149 Å². The molecule has 0 bridgehead atoms. The fourth-order valence-corrected chi connectivity index (χ4v) is 2.51. The van der Waals surface area contributed by atoms with E-state index >= 15 is 0 Å². The smallest absolute Gasteiger partial charge is 0.370 e. The summed E-state index contributed by atoms with van der Waals surface area (Å²) in [5.74, 6) is 0.856. The number of halogens is 3. The van der Waals surface area contributed by atoms with Gasteiger partial charge < -0.3 is 10.6 Å². The molecule has 0 atom stereocenters. The Morgan fingerprint density at radius 3 is 2.85 bits per heavy atom. The summed E-state index contributed by atoms with van der Waals surface area (Å²) in [5.41, 5.74) is -0.436. The molecule has 1 aromatic carbocycles. The molecule has 3 rings (SSSR count). The van der Waals surface area contributed by atoms with Gasteiger partial charge in [0.2, 0.25) is 5.95 Å². The van der Waals surface area contributed by atoms with Gasteiger partial charge in [0.15, 0.2) is 0 Å². The van der Waals surface area contributed by atoms with Crippen molar-refractivity contribution in [2.75, 3.05) is 36.9 Å². The Morgan fingerprint density at radius 1 is 1.19 bits per heavy atom. The van der Waals surface area contributed by atoms with Gasteiger partial charge in [-0.1, -0.05) is 6.07 Å². The number of hydrogen-bond donors (Lipinski definition) is 2. The zero-order chi connectivity index (χ0) is 18.4. The van der Waals surface area contributed by atoms with E-state index in [1.54, 1.807) is 12.3 Å². The maximum absolute atomic E-state index is 12.8. The molecule has 6 nitrogen and oxygen atoms in total. The molecule has 0 fully saturated rings. The highest BCUT2D eigenvalue weighted by molar-refractivity contribution is 5.61. The van der Waals surface area contributed by atoms with Gasteiger partial charge >= 0.3 is 6.18 Å². The van der Waals surface area contributed by atoms with E-state index in [4.69, 9.17) is 0 Å². The summed E-state index contributed by atoms with van der Waals surface area (Å²) in [7, 11) is 0. The van der Waals surface area contributed by atoms with Crippen LogP contribution in [0.1, 0.15) is 12.0 Å². The number of rotatable bonds is 7. The molecule has 2 aromatic rings. The zero-order valence-corrected chi connectivity index (χ0v) is 14.0. The monoisotopic (exact) mass is 364 g/mol. The molecule has 0 aliphatic carbocycles. The first-order chi connectivity index (χ1) is 12.5. The lowest BCUT2D eigenvalue weighted by Gasteiger charge is -2.13. The average molecular weight is 364 g/mol. The molecular formula is C17H19F3N6. The topological polar surface area (TPSA) is 65.4 Å². The molecule has 2 N–H and O–H groups in total. The second kappa shape index (κ2) is 8.13. The van der Waals surface area contributed by atoms with Gasteiger partial charge in [0.05, 0.1) is 12.2 Å². The summed E-state index contributed by atoms with van der Waals surface area (Å²) in [6.45, 7) is 3.31. The number of hydrogen-bond acceptors (Lipinski definition) is 6. The van der Waals surface area contributed by atoms with Crippen LogP contribution in [-0.4, -0.2) is 47.4 Å². The van der Waals surface area contributed by atoms with Crippen molar-refractivity contribution in [1.29, 1.82) is 0 Å². The van der Waals surface area contributed by atoms with Crippen LogP contribution in [0.3, 0.4) is 0 Å². The molecule has 1 aliphatic rings. The van der Waals surface area contributed by atoms with Crippen molar-refractivity contribution < 1.29 is 13.2 Å². The van der Waals surface area contributed by atoms with Crippen LogP contribution >= 0.6 is 0 Å². The van der Waals surface area contributed by atoms with E-state index in [1.807, 2.05) is 6.21 Å². The third-order valence-electron chi connectivity index (χ3n) is 3.81. The number of aromatic nitrogens is 2. The van der Waals surface area contributed by atoms with E-state index in [1.165, 1.54) is 12.1 Å². The lowest BCUT2D eigenvalue weighted by atomic mass is 10.2. The first-order valence-corrected chi connectivity index (χ1v) is 8.22. The van der Waals surface area contributed by atoms with Gasteiger partial charge in [-0.3, -0.25) is 9.89 Å². The molecule has 0 spiro atoms. The quantitative estimate of drug-likeness (QED) is 0.738. The van der Waals surface area contributed by atoms with Crippen LogP contribution in [0.25, 0.3) is 0 Å². The zero-order valence-electron chi connectivity index (χ0n) is 14.0. The second-order valence-electron chi connectivity index (χ2n) is 5.83. The highest BCUT2D eigenvalue weighted by Gasteiger charge is 2.30. The molecule has 0 radical (unpaired) electrons. The number of anilines is 3. The fourth-order valence-electron chi connectivity index (χ4n) is 2.51. The maximum Gasteiger partial charge on any atom is 0.416 e. The lowest BCUT2D eigenvalue weighted by molar-refractivity contribution is -0.137. The Kier molecular flexibility index (Phi) is 5.67. The van der Waals surface area contributed by atoms with Gasteiger partial charge in [0.1, 0.15) is 5.82 Å². The van der Waals surface area contributed by atoms with E-state index in [0.29, 0.717) is 5.82 Å². The number of benzene rings is 1. The first-order valence-electron chi connectivity index (χ1n) is 8.22. The molecule has 0 amide bonds. The van der Waals surface area contributed by atoms with Crippen molar-refractivity contribution in [3.05, 3.63) is 42.1 Å². The largest absolute Gasteiger partial charge is 0.416 e. The second-order valence-corrected chi connectivity index (χ2v) is 5.83. The summed E-state index contributed by atoms with van der Waals surface area (Å²) in [6.07, 6.45) is 0.00917. The van der Waals surface area contributed by atoms with Crippen LogP contribution < -0.4 is 10.6 Å². The van der Waals surface area contributed by atoms with E-state index < -0.39 is 11.7 Å². The van der Waals surface area contributed by atoms with Crippen molar-refractivity contribution in [3.63, 3.8) is 0 Å². The molecule has 1 aliphatic heterocycles. The highest BCUT2D eigenvalue weighted by Crippen LogP contribution is 2.31. The maximum atomic E-state index is 12.8. The molecule has 0 unspecified atom stereocenters. The normalized spacial score (nSPS) is 14.6. The first kappa shape index (κ1) is 18.1. The van der Waals surface area contributed by atoms with Crippen molar-refractivity contribution in [1.82, 2.24) is 14.9 Å².